The van der Waals surface area contributed by atoms with Crippen molar-refractivity contribution in [2.75, 3.05) is 18.1 Å². The van der Waals surface area contributed by atoms with E-state index in [1.807, 2.05) is 26.8 Å². The molecule has 1 heterocycles. The van der Waals surface area contributed by atoms with Crippen LogP contribution in [0.25, 0.3) is 0 Å². The van der Waals surface area contributed by atoms with Crippen LogP contribution in [0.15, 0.2) is 36.4 Å². The summed E-state index contributed by atoms with van der Waals surface area (Å²) in [4.78, 5) is 26.2. The number of carbonyl (C=O) groups excluding carboxylic acids is 2. The molecule has 166 valence electrons. The second-order valence-electron chi connectivity index (χ2n) is 8.30. The Kier molecular flexibility index (Phi) is 7.28. The number of aryl methyl sites for hydroxylation is 2. The van der Waals surface area contributed by atoms with Crippen molar-refractivity contribution >= 4 is 17.7 Å². The first-order chi connectivity index (χ1) is 14.8. The number of fused-ring (bicyclic) bond motifs is 1. The van der Waals surface area contributed by atoms with Crippen molar-refractivity contribution in [3.63, 3.8) is 0 Å². The van der Waals surface area contributed by atoms with E-state index in [2.05, 4.69) is 0 Å². The second-order valence-corrected chi connectivity index (χ2v) is 8.30. The molecule has 1 amide bonds. The average Bonchev–Trinajstić information content (AvgIpc) is 2.73. The SMILES string of the molecule is Cc1cc(OC(=O)OCC(C)C)ccc1CC(N)C(=O)N1CCCc2cccc(F)c21. The molecule has 0 aromatic heterocycles. The lowest BCUT2D eigenvalue weighted by Gasteiger charge is -2.31. The van der Waals surface area contributed by atoms with Crippen molar-refractivity contribution in [1.82, 2.24) is 0 Å². The highest BCUT2D eigenvalue weighted by Crippen LogP contribution is 2.30. The molecule has 0 saturated carbocycles. The number of ether oxygens (including phenoxy) is 2. The smallest absolute Gasteiger partial charge is 0.434 e. The average molecular weight is 429 g/mol. The first kappa shape index (κ1) is 22.7. The Labute approximate surface area is 182 Å². The quantitative estimate of drug-likeness (QED) is 0.552. The van der Waals surface area contributed by atoms with Gasteiger partial charge in [-0.3, -0.25) is 4.79 Å². The fourth-order valence-corrected chi connectivity index (χ4v) is 3.67. The Balaban J connectivity index is 1.66. The minimum atomic E-state index is -0.813. The van der Waals surface area contributed by atoms with Gasteiger partial charge in [-0.2, -0.15) is 0 Å². The third kappa shape index (κ3) is 5.61. The summed E-state index contributed by atoms with van der Waals surface area (Å²) >= 11 is 0. The molecule has 0 radical (unpaired) electrons. The summed E-state index contributed by atoms with van der Waals surface area (Å²) in [6, 6.07) is 9.19. The molecule has 0 spiro atoms. The molecular weight excluding hydrogens is 399 g/mol. The van der Waals surface area contributed by atoms with Crippen molar-refractivity contribution in [3.8, 4) is 5.75 Å². The zero-order chi connectivity index (χ0) is 22.5. The lowest BCUT2D eigenvalue weighted by atomic mass is 9.97. The van der Waals surface area contributed by atoms with Gasteiger partial charge in [0.25, 0.3) is 0 Å². The summed E-state index contributed by atoms with van der Waals surface area (Å²) in [5.74, 6) is -0.124. The highest BCUT2D eigenvalue weighted by atomic mass is 19.1. The number of benzene rings is 2. The standard InChI is InChI=1S/C24H29FN2O4/c1-15(2)14-30-24(29)31-19-10-9-18(16(3)12-19)13-21(26)23(28)27-11-5-7-17-6-4-8-20(25)22(17)27/h4,6,8-10,12,15,21H,5,7,11,13-14,26H2,1-3H3. The van der Waals surface area contributed by atoms with E-state index in [1.165, 1.54) is 11.0 Å². The van der Waals surface area contributed by atoms with Crippen LogP contribution in [0, 0.1) is 18.7 Å². The van der Waals surface area contributed by atoms with E-state index in [1.54, 1.807) is 24.3 Å². The fourth-order valence-electron chi connectivity index (χ4n) is 3.67. The molecule has 6 nitrogen and oxygen atoms in total. The third-order valence-electron chi connectivity index (χ3n) is 5.24. The molecule has 1 aliphatic heterocycles. The van der Waals surface area contributed by atoms with E-state index in [9.17, 15) is 14.0 Å². The van der Waals surface area contributed by atoms with Gasteiger partial charge < -0.3 is 20.1 Å². The van der Waals surface area contributed by atoms with E-state index in [0.29, 0.717) is 24.4 Å². The van der Waals surface area contributed by atoms with Gasteiger partial charge in [0.2, 0.25) is 5.91 Å². The van der Waals surface area contributed by atoms with Gasteiger partial charge in [-0.25, -0.2) is 9.18 Å². The molecule has 2 aromatic rings. The molecule has 0 bridgehead atoms. The molecule has 1 unspecified atom stereocenters. The topological polar surface area (TPSA) is 81.9 Å². The molecule has 7 heteroatoms. The number of hydrogen-bond donors (Lipinski definition) is 1. The Bertz CT molecular complexity index is 961. The predicted octanol–water partition coefficient (Wildman–Crippen LogP) is 4.15. The molecule has 0 aliphatic carbocycles. The van der Waals surface area contributed by atoms with E-state index < -0.39 is 18.0 Å². The third-order valence-corrected chi connectivity index (χ3v) is 5.24. The van der Waals surface area contributed by atoms with Crippen LogP contribution in [0.3, 0.4) is 0 Å². The lowest BCUT2D eigenvalue weighted by molar-refractivity contribution is -0.119. The largest absolute Gasteiger partial charge is 0.513 e. The Morgan fingerprint density at radius 3 is 2.71 bits per heavy atom. The predicted molar refractivity (Wildman–Crippen MR) is 117 cm³/mol. The minimum Gasteiger partial charge on any atom is -0.434 e. The molecule has 2 N–H and O–H groups in total. The first-order valence-electron chi connectivity index (χ1n) is 10.5. The van der Waals surface area contributed by atoms with Crippen LogP contribution >= 0.6 is 0 Å². The first-order valence-corrected chi connectivity index (χ1v) is 10.5. The summed E-state index contributed by atoms with van der Waals surface area (Å²) in [5, 5.41) is 0. The number of hydrogen-bond acceptors (Lipinski definition) is 5. The van der Waals surface area contributed by atoms with Crippen LogP contribution < -0.4 is 15.4 Å². The zero-order valence-electron chi connectivity index (χ0n) is 18.2. The highest BCUT2D eigenvalue weighted by Gasteiger charge is 2.29. The van der Waals surface area contributed by atoms with Crippen LogP contribution in [-0.4, -0.2) is 31.3 Å². The number of para-hydroxylation sites is 1. The van der Waals surface area contributed by atoms with E-state index >= 15 is 0 Å². The normalized spacial score (nSPS) is 14.2. The Morgan fingerprint density at radius 2 is 2.00 bits per heavy atom. The maximum absolute atomic E-state index is 14.4. The Hall–Kier alpha value is -2.93. The van der Waals surface area contributed by atoms with Crippen LogP contribution in [0.5, 0.6) is 5.75 Å². The second kappa shape index (κ2) is 9.92. The minimum absolute atomic E-state index is 0.219. The summed E-state index contributed by atoms with van der Waals surface area (Å²) in [6.45, 7) is 6.47. The van der Waals surface area contributed by atoms with Gasteiger partial charge >= 0.3 is 6.16 Å². The molecule has 1 aliphatic rings. The zero-order valence-corrected chi connectivity index (χ0v) is 18.2. The van der Waals surface area contributed by atoms with Gasteiger partial charge in [0, 0.05) is 6.54 Å². The van der Waals surface area contributed by atoms with Gasteiger partial charge in [-0.1, -0.05) is 32.0 Å². The Morgan fingerprint density at radius 1 is 1.23 bits per heavy atom. The maximum atomic E-state index is 14.4. The van der Waals surface area contributed by atoms with E-state index in [0.717, 1.165) is 29.5 Å². The van der Waals surface area contributed by atoms with Crippen molar-refractivity contribution in [1.29, 1.82) is 0 Å². The molecule has 3 rings (SSSR count). The number of carbonyl (C=O) groups is 2. The molecule has 1 atom stereocenters. The number of nitrogens with two attached hydrogens (primary N) is 1. The molecule has 2 aromatic carbocycles. The van der Waals surface area contributed by atoms with Crippen LogP contribution in [-0.2, 0) is 22.4 Å². The number of halogens is 1. The summed E-state index contributed by atoms with van der Waals surface area (Å²) in [6.07, 6.45) is 1.06. The fraction of sp³-hybridized carbons (Fsp3) is 0.417. The van der Waals surface area contributed by atoms with Crippen LogP contribution in [0.4, 0.5) is 14.9 Å². The van der Waals surface area contributed by atoms with Crippen molar-refractivity contribution < 1.29 is 23.5 Å². The molecular formula is C24H29FN2O4. The monoisotopic (exact) mass is 428 g/mol. The molecule has 0 fully saturated rings. The molecule has 0 saturated heterocycles. The van der Waals surface area contributed by atoms with Gasteiger partial charge in [0.05, 0.1) is 18.3 Å². The number of rotatable bonds is 6. The van der Waals surface area contributed by atoms with Gasteiger partial charge in [0.15, 0.2) is 0 Å². The van der Waals surface area contributed by atoms with Crippen LogP contribution in [0.2, 0.25) is 0 Å². The summed E-state index contributed by atoms with van der Waals surface area (Å²) < 4.78 is 24.6. The number of nitrogens with zero attached hydrogens (tertiary/aromatic N) is 1. The summed E-state index contributed by atoms with van der Waals surface area (Å²) in [7, 11) is 0. The summed E-state index contributed by atoms with van der Waals surface area (Å²) in [5.41, 5.74) is 9.09. The van der Waals surface area contributed by atoms with Crippen LogP contribution in [0.1, 0.15) is 37.0 Å². The van der Waals surface area contributed by atoms with Crippen molar-refractivity contribution in [2.45, 2.75) is 46.1 Å². The van der Waals surface area contributed by atoms with E-state index in [-0.39, 0.29) is 18.4 Å². The van der Waals surface area contributed by atoms with E-state index in [4.69, 9.17) is 15.2 Å². The van der Waals surface area contributed by atoms with Crippen molar-refractivity contribution in [2.24, 2.45) is 11.7 Å². The maximum Gasteiger partial charge on any atom is 0.513 e. The highest BCUT2D eigenvalue weighted by molar-refractivity contribution is 5.98. The van der Waals surface area contributed by atoms with Gasteiger partial charge in [0.1, 0.15) is 11.6 Å². The lowest BCUT2D eigenvalue weighted by Crippen LogP contribution is -2.47. The molecule has 31 heavy (non-hydrogen) atoms. The van der Waals surface area contributed by atoms with Crippen molar-refractivity contribution in [3.05, 3.63) is 58.9 Å². The van der Waals surface area contributed by atoms with Gasteiger partial charge in [-0.15, -0.1) is 0 Å². The van der Waals surface area contributed by atoms with Gasteiger partial charge in [-0.05, 0) is 67.0 Å². The number of anilines is 1. The number of amides is 1.